The first-order chi connectivity index (χ1) is 9.29. The molecule has 3 nitrogen and oxygen atoms in total. The highest BCUT2D eigenvalue weighted by Gasteiger charge is 2.13. The maximum atomic E-state index is 4.30. The van der Waals surface area contributed by atoms with Crippen LogP contribution in [-0.2, 0) is 6.42 Å². The average molecular weight is 289 g/mol. The van der Waals surface area contributed by atoms with Gasteiger partial charge in [-0.2, -0.15) is 5.10 Å². The lowest BCUT2D eigenvalue weighted by molar-refractivity contribution is 0.932. The second-order valence-corrected chi connectivity index (χ2v) is 6.49. The zero-order valence-electron chi connectivity index (χ0n) is 10.9. The molecule has 0 aliphatic rings. The van der Waals surface area contributed by atoms with E-state index in [1.807, 2.05) is 23.6 Å². The van der Waals surface area contributed by atoms with Crippen molar-refractivity contribution in [2.24, 2.45) is 0 Å². The fourth-order valence-electron chi connectivity index (χ4n) is 2.09. The van der Waals surface area contributed by atoms with Crippen LogP contribution < -0.4 is 5.32 Å². The maximum Gasteiger partial charge on any atom is 0.109 e. The number of thiophene rings is 2. The molecule has 0 fully saturated rings. The quantitative estimate of drug-likeness (QED) is 0.752. The summed E-state index contributed by atoms with van der Waals surface area (Å²) in [7, 11) is 0. The van der Waals surface area contributed by atoms with E-state index in [0.29, 0.717) is 0 Å². The van der Waals surface area contributed by atoms with Crippen LogP contribution in [0, 0.1) is 6.92 Å². The molecule has 0 bridgehead atoms. The van der Waals surface area contributed by atoms with E-state index < -0.39 is 0 Å². The zero-order chi connectivity index (χ0) is 13.2. The monoisotopic (exact) mass is 289 g/mol. The largest absolute Gasteiger partial charge is 0.345 e. The zero-order valence-corrected chi connectivity index (χ0v) is 12.6. The van der Waals surface area contributed by atoms with Crippen molar-refractivity contribution in [3.8, 4) is 0 Å². The number of nitrogens with one attached hydrogen (secondary N) is 1. The summed E-state index contributed by atoms with van der Waals surface area (Å²) in [5, 5.41) is 15.1. The Hall–Kier alpha value is -1.46. The standard InChI is InChI=1S/C14H15N3S2/c1-3-5-11-9(2)13-14(19-11)10(8-15-17-13)16-12-6-4-7-18-12/h4,6-8H,3,5H2,1-2H3,(H,16,17). The Morgan fingerprint density at radius 3 is 3.00 bits per heavy atom. The van der Waals surface area contributed by atoms with Gasteiger partial charge in [-0.05, 0) is 36.4 Å². The van der Waals surface area contributed by atoms with Gasteiger partial charge in [0.05, 0.1) is 21.6 Å². The smallest absolute Gasteiger partial charge is 0.109 e. The lowest BCUT2D eigenvalue weighted by Crippen LogP contribution is -1.91. The van der Waals surface area contributed by atoms with Crippen molar-refractivity contribution in [2.75, 3.05) is 5.32 Å². The molecule has 19 heavy (non-hydrogen) atoms. The number of fused-ring (bicyclic) bond motifs is 1. The first-order valence-corrected chi connectivity index (χ1v) is 8.03. The van der Waals surface area contributed by atoms with Crippen LogP contribution >= 0.6 is 22.7 Å². The van der Waals surface area contributed by atoms with Crippen molar-refractivity contribution in [2.45, 2.75) is 26.7 Å². The number of hydrogen-bond acceptors (Lipinski definition) is 5. The van der Waals surface area contributed by atoms with Crippen LogP contribution in [0.2, 0.25) is 0 Å². The molecule has 98 valence electrons. The Kier molecular flexibility index (Phi) is 3.48. The molecule has 0 atom stereocenters. The van der Waals surface area contributed by atoms with E-state index in [1.165, 1.54) is 15.1 Å². The van der Waals surface area contributed by atoms with Crippen molar-refractivity contribution < 1.29 is 0 Å². The number of anilines is 2. The van der Waals surface area contributed by atoms with E-state index in [1.54, 1.807) is 11.3 Å². The van der Waals surface area contributed by atoms with Gasteiger partial charge in [-0.3, -0.25) is 0 Å². The third-order valence-corrected chi connectivity index (χ3v) is 5.22. The minimum atomic E-state index is 1.04. The normalized spacial score (nSPS) is 11.1. The molecule has 0 aromatic carbocycles. The first-order valence-electron chi connectivity index (χ1n) is 6.33. The molecule has 3 rings (SSSR count). The van der Waals surface area contributed by atoms with Gasteiger partial charge in [0, 0.05) is 4.88 Å². The number of aryl methyl sites for hydroxylation is 2. The van der Waals surface area contributed by atoms with Crippen LogP contribution in [-0.4, -0.2) is 10.2 Å². The molecule has 0 aliphatic carbocycles. The van der Waals surface area contributed by atoms with E-state index in [9.17, 15) is 0 Å². The summed E-state index contributed by atoms with van der Waals surface area (Å²) in [6, 6.07) is 4.12. The molecular formula is C14H15N3S2. The van der Waals surface area contributed by atoms with Crippen molar-refractivity contribution >= 4 is 43.6 Å². The van der Waals surface area contributed by atoms with Crippen molar-refractivity contribution in [3.05, 3.63) is 34.2 Å². The van der Waals surface area contributed by atoms with Gasteiger partial charge in [0.15, 0.2) is 0 Å². The summed E-state index contributed by atoms with van der Waals surface area (Å²) in [5.74, 6) is 0. The number of rotatable bonds is 4. The molecule has 0 saturated carbocycles. The lowest BCUT2D eigenvalue weighted by atomic mass is 10.2. The minimum absolute atomic E-state index is 1.04. The van der Waals surface area contributed by atoms with E-state index >= 15 is 0 Å². The molecule has 0 amide bonds. The maximum absolute atomic E-state index is 4.30. The molecule has 0 spiro atoms. The van der Waals surface area contributed by atoms with E-state index in [-0.39, 0.29) is 0 Å². The van der Waals surface area contributed by atoms with Crippen molar-refractivity contribution in [1.82, 2.24) is 10.2 Å². The van der Waals surface area contributed by atoms with Gasteiger partial charge < -0.3 is 5.32 Å². The van der Waals surface area contributed by atoms with E-state index in [2.05, 4.69) is 40.8 Å². The summed E-state index contributed by atoms with van der Waals surface area (Å²) in [4.78, 5) is 1.42. The second kappa shape index (κ2) is 5.27. The molecule has 0 radical (unpaired) electrons. The molecule has 0 saturated heterocycles. The molecule has 3 heterocycles. The van der Waals surface area contributed by atoms with Gasteiger partial charge in [-0.1, -0.05) is 13.3 Å². The average Bonchev–Trinajstić information content (AvgIpc) is 3.01. The van der Waals surface area contributed by atoms with E-state index in [0.717, 1.165) is 29.0 Å². The van der Waals surface area contributed by atoms with E-state index in [4.69, 9.17) is 0 Å². The summed E-state index contributed by atoms with van der Waals surface area (Å²) in [5.41, 5.74) is 3.38. The highest BCUT2D eigenvalue weighted by Crippen LogP contribution is 2.36. The highest BCUT2D eigenvalue weighted by molar-refractivity contribution is 7.20. The van der Waals surface area contributed by atoms with Gasteiger partial charge in [0.25, 0.3) is 0 Å². The molecule has 0 unspecified atom stereocenters. The molecule has 5 heteroatoms. The molecular weight excluding hydrogens is 274 g/mol. The van der Waals surface area contributed by atoms with Crippen molar-refractivity contribution in [3.63, 3.8) is 0 Å². The van der Waals surface area contributed by atoms with Crippen LogP contribution in [0.25, 0.3) is 10.2 Å². The summed E-state index contributed by atoms with van der Waals surface area (Å²) < 4.78 is 1.21. The Labute approximate surface area is 120 Å². The SMILES string of the molecule is CCCc1sc2c(Nc3cccs3)cnnc2c1C. The van der Waals surface area contributed by atoms with Crippen LogP contribution in [0.1, 0.15) is 23.8 Å². The van der Waals surface area contributed by atoms with Crippen LogP contribution in [0.5, 0.6) is 0 Å². The number of hydrogen-bond donors (Lipinski definition) is 1. The van der Waals surface area contributed by atoms with Crippen LogP contribution in [0.15, 0.2) is 23.7 Å². The fraction of sp³-hybridized carbons (Fsp3) is 0.286. The summed E-state index contributed by atoms with van der Waals surface area (Å²) in [6.07, 6.45) is 4.09. The predicted molar refractivity (Wildman–Crippen MR) is 83.7 cm³/mol. The van der Waals surface area contributed by atoms with Gasteiger partial charge in [0.2, 0.25) is 0 Å². The molecule has 3 aromatic heterocycles. The summed E-state index contributed by atoms with van der Waals surface area (Å²) >= 11 is 3.53. The van der Waals surface area contributed by atoms with Gasteiger partial charge >= 0.3 is 0 Å². The molecule has 3 aromatic rings. The summed E-state index contributed by atoms with van der Waals surface area (Å²) in [6.45, 7) is 4.35. The lowest BCUT2D eigenvalue weighted by Gasteiger charge is -2.03. The van der Waals surface area contributed by atoms with Crippen LogP contribution in [0.3, 0.4) is 0 Å². The Bertz CT molecular complexity index is 686. The molecule has 1 N–H and O–H groups in total. The topological polar surface area (TPSA) is 37.8 Å². The Morgan fingerprint density at radius 2 is 2.26 bits per heavy atom. The minimum Gasteiger partial charge on any atom is -0.345 e. The fourth-order valence-corrected chi connectivity index (χ4v) is 4.03. The highest BCUT2D eigenvalue weighted by atomic mass is 32.1. The number of aromatic nitrogens is 2. The van der Waals surface area contributed by atoms with Gasteiger partial charge in [0.1, 0.15) is 5.52 Å². The molecule has 0 aliphatic heterocycles. The Balaban J connectivity index is 2.07. The van der Waals surface area contributed by atoms with Gasteiger partial charge in [-0.15, -0.1) is 27.8 Å². The second-order valence-electron chi connectivity index (χ2n) is 4.44. The van der Waals surface area contributed by atoms with Crippen LogP contribution in [0.4, 0.5) is 10.7 Å². The van der Waals surface area contributed by atoms with Gasteiger partial charge in [-0.25, -0.2) is 0 Å². The third-order valence-electron chi connectivity index (χ3n) is 3.06. The van der Waals surface area contributed by atoms with Crippen molar-refractivity contribution in [1.29, 1.82) is 0 Å². The number of nitrogens with zero attached hydrogens (tertiary/aromatic N) is 2. The Morgan fingerprint density at radius 1 is 1.37 bits per heavy atom. The third kappa shape index (κ3) is 2.35. The predicted octanol–water partition coefficient (Wildman–Crippen LogP) is 4.76. The first kappa shape index (κ1) is 12.6.